The van der Waals surface area contributed by atoms with Gasteiger partial charge in [-0.25, -0.2) is 9.97 Å². The van der Waals surface area contributed by atoms with Gasteiger partial charge in [0.2, 0.25) is 5.95 Å². The topological polar surface area (TPSA) is 37.8 Å². The summed E-state index contributed by atoms with van der Waals surface area (Å²) in [7, 11) is 0. The van der Waals surface area contributed by atoms with Gasteiger partial charge in [-0.1, -0.05) is 26.7 Å². The largest absolute Gasteiger partial charge is 0.433 e. The zero-order valence-electron chi connectivity index (χ0n) is 10.6. The molecule has 1 rings (SSSR count). The van der Waals surface area contributed by atoms with E-state index in [0.29, 0.717) is 12.5 Å². The van der Waals surface area contributed by atoms with Crippen molar-refractivity contribution in [3.05, 3.63) is 18.0 Å². The lowest BCUT2D eigenvalue weighted by Gasteiger charge is -2.09. The van der Waals surface area contributed by atoms with E-state index in [1.165, 1.54) is 0 Å². The van der Waals surface area contributed by atoms with Crippen molar-refractivity contribution in [2.75, 3.05) is 11.9 Å². The molecular formula is C12H18F3N3. The molecular weight excluding hydrogens is 243 g/mol. The van der Waals surface area contributed by atoms with Gasteiger partial charge in [0.25, 0.3) is 0 Å². The van der Waals surface area contributed by atoms with E-state index in [-0.39, 0.29) is 5.95 Å². The summed E-state index contributed by atoms with van der Waals surface area (Å²) in [5.74, 6) is 0.684. The van der Waals surface area contributed by atoms with E-state index in [2.05, 4.69) is 29.1 Å². The number of nitrogens with one attached hydrogen (secondary N) is 1. The fourth-order valence-electron chi connectivity index (χ4n) is 1.48. The summed E-state index contributed by atoms with van der Waals surface area (Å²) >= 11 is 0. The van der Waals surface area contributed by atoms with Crippen LogP contribution in [0, 0.1) is 5.92 Å². The molecule has 1 N–H and O–H groups in total. The van der Waals surface area contributed by atoms with Crippen molar-refractivity contribution in [3.8, 4) is 0 Å². The number of nitrogens with zero attached hydrogens (tertiary/aromatic N) is 2. The SMILES string of the molecule is CC(C)CCCCNc1nccc(C(F)(F)F)n1. The molecule has 0 atom stereocenters. The van der Waals surface area contributed by atoms with E-state index in [1.807, 2.05) is 0 Å². The second kappa shape index (κ2) is 6.56. The molecule has 102 valence electrons. The molecule has 0 aliphatic heterocycles. The maximum atomic E-state index is 12.4. The van der Waals surface area contributed by atoms with Crippen molar-refractivity contribution in [1.82, 2.24) is 9.97 Å². The van der Waals surface area contributed by atoms with Gasteiger partial charge in [-0.2, -0.15) is 13.2 Å². The maximum absolute atomic E-state index is 12.4. The quantitative estimate of drug-likeness (QED) is 0.793. The molecule has 0 aliphatic carbocycles. The van der Waals surface area contributed by atoms with Crippen LogP contribution in [-0.4, -0.2) is 16.5 Å². The highest BCUT2D eigenvalue weighted by Gasteiger charge is 2.32. The molecule has 6 heteroatoms. The van der Waals surface area contributed by atoms with E-state index in [0.717, 1.165) is 31.5 Å². The Morgan fingerprint density at radius 1 is 1.28 bits per heavy atom. The summed E-state index contributed by atoms with van der Waals surface area (Å²) in [5, 5.41) is 2.81. The number of anilines is 1. The van der Waals surface area contributed by atoms with E-state index in [9.17, 15) is 13.2 Å². The molecule has 0 spiro atoms. The van der Waals surface area contributed by atoms with Crippen LogP contribution in [0.3, 0.4) is 0 Å². The normalized spacial score (nSPS) is 11.9. The minimum atomic E-state index is -4.42. The first-order valence-corrected chi connectivity index (χ1v) is 6.03. The molecule has 0 fully saturated rings. The van der Waals surface area contributed by atoms with Gasteiger partial charge in [0.15, 0.2) is 0 Å². The van der Waals surface area contributed by atoms with Crippen LogP contribution in [0.1, 0.15) is 38.8 Å². The Kier molecular flexibility index (Phi) is 5.37. The van der Waals surface area contributed by atoms with Crippen molar-refractivity contribution in [2.45, 2.75) is 39.3 Å². The second-order valence-corrected chi connectivity index (χ2v) is 4.58. The summed E-state index contributed by atoms with van der Waals surface area (Å²) < 4.78 is 37.1. The number of rotatable bonds is 6. The fraction of sp³-hybridized carbons (Fsp3) is 0.667. The lowest BCUT2D eigenvalue weighted by Crippen LogP contribution is -2.12. The molecule has 0 aliphatic rings. The van der Waals surface area contributed by atoms with Gasteiger partial charge in [-0.15, -0.1) is 0 Å². The summed E-state index contributed by atoms with van der Waals surface area (Å²) in [6, 6.07) is 0.865. The predicted octanol–water partition coefficient (Wildman–Crippen LogP) is 3.73. The third-order valence-corrected chi connectivity index (χ3v) is 2.44. The maximum Gasteiger partial charge on any atom is 0.433 e. The van der Waals surface area contributed by atoms with Crippen molar-refractivity contribution in [3.63, 3.8) is 0 Å². The number of halogens is 3. The first kappa shape index (κ1) is 14.7. The highest BCUT2D eigenvalue weighted by Crippen LogP contribution is 2.27. The Bertz CT molecular complexity index is 364. The zero-order valence-corrected chi connectivity index (χ0v) is 10.6. The minimum Gasteiger partial charge on any atom is -0.354 e. The third kappa shape index (κ3) is 5.33. The zero-order chi connectivity index (χ0) is 13.6. The van der Waals surface area contributed by atoms with Gasteiger partial charge in [0.05, 0.1) is 0 Å². The number of unbranched alkanes of at least 4 members (excludes halogenated alkanes) is 1. The van der Waals surface area contributed by atoms with Crippen LogP contribution >= 0.6 is 0 Å². The van der Waals surface area contributed by atoms with Crippen LogP contribution in [-0.2, 0) is 6.18 Å². The molecule has 0 radical (unpaired) electrons. The summed E-state index contributed by atoms with van der Waals surface area (Å²) in [5.41, 5.74) is -0.915. The third-order valence-electron chi connectivity index (χ3n) is 2.44. The van der Waals surface area contributed by atoms with E-state index in [4.69, 9.17) is 0 Å². The molecule has 0 unspecified atom stereocenters. The number of aromatic nitrogens is 2. The van der Waals surface area contributed by atoms with Crippen molar-refractivity contribution < 1.29 is 13.2 Å². The standard InChI is InChI=1S/C12H18F3N3/c1-9(2)5-3-4-7-16-11-17-8-6-10(18-11)12(13,14)15/h6,8-9H,3-5,7H2,1-2H3,(H,16,17,18). The van der Waals surface area contributed by atoms with Crippen molar-refractivity contribution >= 4 is 5.95 Å². The Labute approximate surface area is 105 Å². The molecule has 1 heterocycles. The van der Waals surface area contributed by atoms with Crippen LogP contribution in [0.2, 0.25) is 0 Å². The average molecular weight is 261 g/mol. The number of hydrogen-bond acceptors (Lipinski definition) is 3. The van der Waals surface area contributed by atoms with E-state index < -0.39 is 11.9 Å². The van der Waals surface area contributed by atoms with Gasteiger partial charge in [0.1, 0.15) is 5.69 Å². The van der Waals surface area contributed by atoms with Crippen LogP contribution in [0.15, 0.2) is 12.3 Å². The first-order valence-electron chi connectivity index (χ1n) is 6.03. The Morgan fingerprint density at radius 3 is 2.61 bits per heavy atom. The van der Waals surface area contributed by atoms with Gasteiger partial charge < -0.3 is 5.32 Å². The van der Waals surface area contributed by atoms with Gasteiger partial charge in [0, 0.05) is 12.7 Å². The molecule has 18 heavy (non-hydrogen) atoms. The summed E-state index contributed by atoms with van der Waals surface area (Å²) in [6.45, 7) is 4.88. The average Bonchev–Trinajstić information content (AvgIpc) is 2.27. The number of alkyl halides is 3. The Balaban J connectivity index is 2.39. The molecule has 0 bridgehead atoms. The van der Waals surface area contributed by atoms with E-state index in [1.54, 1.807) is 0 Å². The molecule has 0 amide bonds. The molecule has 3 nitrogen and oxygen atoms in total. The van der Waals surface area contributed by atoms with Gasteiger partial charge in [-0.05, 0) is 18.4 Å². The van der Waals surface area contributed by atoms with Crippen LogP contribution in [0.4, 0.5) is 19.1 Å². The summed E-state index contributed by atoms with van der Waals surface area (Å²) in [4.78, 5) is 7.19. The molecule has 0 aromatic carbocycles. The lowest BCUT2D eigenvalue weighted by molar-refractivity contribution is -0.141. The van der Waals surface area contributed by atoms with Crippen LogP contribution in [0.5, 0.6) is 0 Å². The smallest absolute Gasteiger partial charge is 0.354 e. The van der Waals surface area contributed by atoms with E-state index >= 15 is 0 Å². The van der Waals surface area contributed by atoms with Crippen LogP contribution in [0.25, 0.3) is 0 Å². The highest BCUT2D eigenvalue weighted by atomic mass is 19.4. The molecule has 1 aromatic heterocycles. The van der Waals surface area contributed by atoms with Crippen LogP contribution < -0.4 is 5.32 Å². The molecule has 0 saturated carbocycles. The number of hydrogen-bond donors (Lipinski definition) is 1. The molecule has 0 saturated heterocycles. The monoisotopic (exact) mass is 261 g/mol. The minimum absolute atomic E-state index is 0.0365. The fourth-order valence-corrected chi connectivity index (χ4v) is 1.48. The first-order chi connectivity index (χ1) is 8.39. The second-order valence-electron chi connectivity index (χ2n) is 4.58. The molecule has 1 aromatic rings. The summed E-state index contributed by atoms with van der Waals surface area (Å²) in [6.07, 6.45) is -0.240. The lowest BCUT2D eigenvalue weighted by atomic mass is 10.1. The Hall–Kier alpha value is -1.33. The predicted molar refractivity (Wildman–Crippen MR) is 64.2 cm³/mol. The highest BCUT2D eigenvalue weighted by molar-refractivity contribution is 5.25. The van der Waals surface area contributed by atoms with Crippen molar-refractivity contribution in [2.24, 2.45) is 5.92 Å². The van der Waals surface area contributed by atoms with Crippen molar-refractivity contribution in [1.29, 1.82) is 0 Å². The Morgan fingerprint density at radius 2 is 2.00 bits per heavy atom. The van der Waals surface area contributed by atoms with Gasteiger partial charge in [-0.3, -0.25) is 0 Å². The van der Waals surface area contributed by atoms with Gasteiger partial charge >= 0.3 is 6.18 Å².